The lowest BCUT2D eigenvalue weighted by Crippen LogP contribution is -2.54. The molecule has 2 heterocycles. The fraction of sp³-hybridized carbons (Fsp3) is 0.400. The Labute approximate surface area is 197 Å². The first-order chi connectivity index (χ1) is 16.3. The van der Waals surface area contributed by atoms with Gasteiger partial charge >= 0.3 is 5.97 Å². The van der Waals surface area contributed by atoms with Crippen LogP contribution in [0.15, 0.2) is 42.5 Å². The fourth-order valence-electron chi connectivity index (χ4n) is 4.95. The number of esters is 1. The van der Waals surface area contributed by atoms with Gasteiger partial charge < -0.3 is 18.9 Å². The van der Waals surface area contributed by atoms with Gasteiger partial charge in [-0.25, -0.2) is 4.90 Å². The van der Waals surface area contributed by atoms with Crippen molar-refractivity contribution in [2.75, 3.05) is 32.8 Å². The van der Waals surface area contributed by atoms with Gasteiger partial charge in [0.1, 0.15) is 22.8 Å². The molecule has 0 unspecified atom stereocenters. The zero-order valence-electron chi connectivity index (χ0n) is 19.8. The van der Waals surface area contributed by atoms with Crippen molar-refractivity contribution in [3.63, 3.8) is 0 Å². The van der Waals surface area contributed by atoms with Crippen molar-refractivity contribution in [2.45, 2.75) is 25.4 Å². The van der Waals surface area contributed by atoms with E-state index in [-0.39, 0.29) is 6.61 Å². The largest absolute Gasteiger partial charge is 0.497 e. The molecule has 1 N–H and O–H groups in total. The molecule has 2 fully saturated rings. The van der Waals surface area contributed by atoms with E-state index in [1.165, 1.54) is 14.2 Å². The number of fused-ring (bicyclic) bond motifs is 1. The van der Waals surface area contributed by atoms with E-state index in [0.717, 1.165) is 4.90 Å². The third-order valence-corrected chi connectivity index (χ3v) is 6.57. The van der Waals surface area contributed by atoms with Crippen LogP contribution in [-0.4, -0.2) is 51.3 Å². The second-order valence-corrected chi connectivity index (χ2v) is 8.37. The Bertz CT molecular complexity index is 1130. The lowest BCUT2D eigenvalue weighted by Gasteiger charge is -2.29. The summed E-state index contributed by atoms with van der Waals surface area (Å²) in [5, 5.41) is 3.25. The Kier molecular flexibility index (Phi) is 6.22. The molecule has 4 atom stereocenters. The number of nitrogens with one attached hydrogen (secondary N) is 1. The monoisotopic (exact) mass is 468 g/mol. The SMILES string of the molecule is CCOC(=O)[C@]1(C)N[C@@H](c2ccc(OC)cc2OC)[C@H]2C(=O)N(c3cccc(OC)c3)C(=O)[C@@H]21. The van der Waals surface area contributed by atoms with Crippen LogP contribution >= 0.6 is 0 Å². The van der Waals surface area contributed by atoms with Crippen molar-refractivity contribution >= 4 is 23.5 Å². The number of methoxy groups -OCH3 is 3. The molecule has 0 aliphatic carbocycles. The minimum absolute atomic E-state index is 0.145. The molecule has 2 amide bonds. The van der Waals surface area contributed by atoms with Crippen LogP contribution in [0, 0.1) is 11.8 Å². The molecule has 0 spiro atoms. The van der Waals surface area contributed by atoms with E-state index in [9.17, 15) is 14.4 Å². The molecule has 0 aromatic heterocycles. The number of amides is 2. The molecule has 9 heteroatoms. The summed E-state index contributed by atoms with van der Waals surface area (Å²) >= 11 is 0. The highest BCUT2D eigenvalue weighted by Crippen LogP contribution is 2.51. The number of carbonyl (C=O) groups excluding carboxylic acids is 3. The first kappa shape index (κ1) is 23.6. The molecular weight excluding hydrogens is 440 g/mol. The molecule has 2 aromatic rings. The Balaban J connectivity index is 1.84. The molecule has 2 aliphatic rings. The quantitative estimate of drug-likeness (QED) is 0.488. The summed E-state index contributed by atoms with van der Waals surface area (Å²) in [6.45, 7) is 3.45. The highest BCUT2D eigenvalue weighted by molar-refractivity contribution is 6.24. The van der Waals surface area contributed by atoms with E-state index < -0.39 is 41.2 Å². The number of hydrogen-bond donors (Lipinski definition) is 1. The molecule has 4 rings (SSSR count). The van der Waals surface area contributed by atoms with Crippen LogP contribution < -0.4 is 24.4 Å². The summed E-state index contributed by atoms with van der Waals surface area (Å²) in [5.74, 6) is -1.73. The predicted octanol–water partition coefficient (Wildman–Crippen LogP) is 2.48. The maximum absolute atomic E-state index is 13.8. The Morgan fingerprint density at radius 3 is 2.35 bits per heavy atom. The van der Waals surface area contributed by atoms with Crippen molar-refractivity contribution in [2.24, 2.45) is 11.8 Å². The second kappa shape index (κ2) is 8.98. The van der Waals surface area contributed by atoms with Crippen LogP contribution in [0.4, 0.5) is 5.69 Å². The zero-order valence-corrected chi connectivity index (χ0v) is 19.8. The standard InChI is InChI=1S/C25H28N2O7/c1-6-34-24(30)25(2)20-19(21(26-25)17-11-10-16(32-4)13-18(17)33-5)22(28)27(23(20)29)14-8-7-9-15(12-14)31-3/h7-13,19-21,26H,6H2,1-5H3/t19-,20+,21-,25+/m0/s1. The van der Waals surface area contributed by atoms with Crippen molar-refractivity contribution < 1.29 is 33.3 Å². The fourth-order valence-corrected chi connectivity index (χ4v) is 4.95. The first-order valence-electron chi connectivity index (χ1n) is 11.0. The van der Waals surface area contributed by atoms with Crippen LogP contribution in [0.2, 0.25) is 0 Å². The van der Waals surface area contributed by atoms with Gasteiger partial charge in [-0.2, -0.15) is 0 Å². The Hall–Kier alpha value is -3.59. The van der Waals surface area contributed by atoms with Gasteiger partial charge in [0.25, 0.3) is 0 Å². The maximum atomic E-state index is 13.8. The Morgan fingerprint density at radius 1 is 1.00 bits per heavy atom. The highest BCUT2D eigenvalue weighted by atomic mass is 16.5. The van der Waals surface area contributed by atoms with Crippen LogP contribution in [0.25, 0.3) is 0 Å². The number of rotatable bonds is 7. The molecule has 0 radical (unpaired) electrons. The molecule has 34 heavy (non-hydrogen) atoms. The lowest BCUT2D eigenvalue weighted by atomic mass is 9.80. The third kappa shape index (κ3) is 3.56. The van der Waals surface area contributed by atoms with Gasteiger partial charge in [0.2, 0.25) is 11.8 Å². The first-order valence-corrected chi connectivity index (χ1v) is 11.0. The normalized spacial score (nSPS) is 25.8. The minimum Gasteiger partial charge on any atom is -0.497 e. The van der Waals surface area contributed by atoms with Gasteiger partial charge in [0.15, 0.2) is 0 Å². The molecule has 0 bridgehead atoms. The van der Waals surface area contributed by atoms with Gasteiger partial charge in [-0.05, 0) is 32.0 Å². The van der Waals surface area contributed by atoms with Crippen molar-refractivity contribution in [1.82, 2.24) is 5.32 Å². The van der Waals surface area contributed by atoms with Crippen LogP contribution in [-0.2, 0) is 19.1 Å². The average molecular weight is 469 g/mol. The van der Waals surface area contributed by atoms with Gasteiger partial charge in [-0.15, -0.1) is 0 Å². The zero-order chi connectivity index (χ0) is 24.6. The predicted molar refractivity (Wildman–Crippen MR) is 123 cm³/mol. The maximum Gasteiger partial charge on any atom is 0.326 e. The molecule has 2 saturated heterocycles. The summed E-state index contributed by atoms with van der Waals surface area (Å²) in [5.41, 5.74) is -0.397. The van der Waals surface area contributed by atoms with E-state index >= 15 is 0 Å². The van der Waals surface area contributed by atoms with Crippen molar-refractivity contribution in [3.8, 4) is 17.2 Å². The molecule has 2 aliphatic heterocycles. The topological polar surface area (TPSA) is 103 Å². The molecule has 2 aromatic carbocycles. The summed E-state index contributed by atoms with van der Waals surface area (Å²) in [6, 6.07) is 11.3. The number of ether oxygens (including phenoxy) is 4. The third-order valence-electron chi connectivity index (χ3n) is 6.57. The van der Waals surface area contributed by atoms with E-state index in [1.807, 2.05) is 0 Å². The van der Waals surface area contributed by atoms with E-state index in [2.05, 4.69) is 5.32 Å². The van der Waals surface area contributed by atoms with E-state index in [1.54, 1.807) is 63.4 Å². The second-order valence-electron chi connectivity index (χ2n) is 8.37. The van der Waals surface area contributed by atoms with Crippen LogP contribution in [0.3, 0.4) is 0 Å². The molecular formula is C25H28N2O7. The molecule has 9 nitrogen and oxygen atoms in total. The number of benzene rings is 2. The molecule has 180 valence electrons. The lowest BCUT2D eigenvalue weighted by molar-refractivity contribution is -0.153. The summed E-state index contributed by atoms with van der Waals surface area (Å²) in [6.07, 6.45) is 0. The van der Waals surface area contributed by atoms with Crippen LogP contribution in [0.1, 0.15) is 25.5 Å². The average Bonchev–Trinajstić information content (AvgIpc) is 3.31. The minimum atomic E-state index is -1.42. The Morgan fingerprint density at radius 2 is 1.71 bits per heavy atom. The van der Waals surface area contributed by atoms with Gasteiger partial charge in [0, 0.05) is 23.7 Å². The van der Waals surface area contributed by atoms with Gasteiger partial charge in [-0.3, -0.25) is 19.7 Å². The van der Waals surface area contributed by atoms with Crippen molar-refractivity contribution in [1.29, 1.82) is 0 Å². The number of hydrogen-bond acceptors (Lipinski definition) is 8. The summed E-state index contributed by atoms with van der Waals surface area (Å²) in [4.78, 5) is 41.7. The number of imide groups is 1. The number of anilines is 1. The van der Waals surface area contributed by atoms with E-state index in [4.69, 9.17) is 18.9 Å². The molecule has 0 saturated carbocycles. The number of nitrogens with zero attached hydrogens (tertiary/aromatic N) is 1. The van der Waals surface area contributed by atoms with Gasteiger partial charge in [0.05, 0.1) is 45.5 Å². The highest BCUT2D eigenvalue weighted by Gasteiger charge is 2.67. The summed E-state index contributed by atoms with van der Waals surface area (Å²) in [7, 11) is 4.57. The number of carbonyl (C=O) groups is 3. The van der Waals surface area contributed by atoms with Crippen molar-refractivity contribution in [3.05, 3.63) is 48.0 Å². The van der Waals surface area contributed by atoms with Gasteiger partial charge in [-0.1, -0.05) is 12.1 Å². The van der Waals surface area contributed by atoms with E-state index in [0.29, 0.717) is 28.5 Å². The van der Waals surface area contributed by atoms with Crippen LogP contribution in [0.5, 0.6) is 17.2 Å². The smallest absolute Gasteiger partial charge is 0.326 e. The summed E-state index contributed by atoms with van der Waals surface area (Å²) < 4.78 is 21.4.